The van der Waals surface area contributed by atoms with E-state index >= 15 is 0 Å². The second kappa shape index (κ2) is 7.43. The average molecular weight is 384 g/mol. The molecule has 3 rings (SSSR count). The van der Waals surface area contributed by atoms with Crippen LogP contribution in [-0.4, -0.2) is 45.8 Å². The molecule has 2 heterocycles. The first-order valence-corrected chi connectivity index (χ1v) is 9.64. The molecule has 150 valence electrons. The highest BCUT2D eigenvalue weighted by Crippen LogP contribution is 2.40. The summed E-state index contributed by atoms with van der Waals surface area (Å²) < 4.78 is 6.75. The summed E-state index contributed by atoms with van der Waals surface area (Å²) in [6.45, 7) is 8.21. The van der Waals surface area contributed by atoms with Crippen LogP contribution in [0.5, 0.6) is 0 Å². The lowest BCUT2D eigenvalue weighted by molar-refractivity contribution is 0.0511. The molecule has 1 aromatic heterocycles. The van der Waals surface area contributed by atoms with Crippen molar-refractivity contribution in [3.8, 4) is 0 Å². The fraction of sp³-hybridized carbons (Fsp3) is 0.455. The molecule has 1 N–H and O–H groups in total. The molecule has 6 heteroatoms. The number of benzene rings is 1. The summed E-state index contributed by atoms with van der Waals surface area (Å²) in [5, 5.41) is 10.9. The number of carbonyl (C=O) groups is 2. The predicted molar refractivity (Wildman–Crippen MR) is 109 cm³/mol. The maximum Gasteiger partial charge on any atom is 0.419 e. The molecule has 1 aliphatic rings. The van der Waals surface area contributed by atoms with Crippen LogP contribution in [0, 0.1) is 0 Å². The van der Waals surface area contributed by atoms with Crippen molar-refractivity contribution in [1.29, 1.82) is 0 Å². The van der Waals surface area contributed by atoms with Crippen LogP contribution in [-0.2, 0) is 4.74 Å². The van der Waals surface area contributed by atoms with Gasteiger partial charge in [0.1, 0.15) is 11.3 Å². The van der Waals surface area contributed by atoms with Crippen LogP contribution in [0.25, 0.3) is 10.9 Å². The van der Waals surface area contributed by atoms with Gasteiger partial charge in [0.25, 0.3) is 0 Å². The van der Waals surface area contributed by atoms with Gasteiger partial charge in [0.2, 0.25) is 0 Å². The second-order valence-corrected chi connectivity index (χ2v) is 8.20. The summed E-state index contributed by atoms with van der Waals surface area (Å²) >= 11 is 0. The summed E-state index contributed by atoms with van der Waals surface area (Å²) in [6, 6.07) is 7.15. The lowest BCUT2D eigenvalue weighted by Crippen LogP contribution is -2.32. The molecule has 0 saturated heterocycles. The van der Waals surface area contributed by atoms with Crippen LogP contribution in [0.1, 0.15) is 62.6 Å². The molecule has 0 bridgehead atoms. The minimum absolute atomic E-state index is 0.0199. The quantitative estimate of drug-likeness (QED) is 0.767. The van der Waals surface area contributed by atoms with Crippen molar-refractivity contribution < 1.29 is 19.4 Å². The third-order valence-corrected chi connectivity index (χ3v) is 5.05. The molecule has 0 aliphatic carbocycles. The van der Waals surface area contributed by atoms with Crippen molar-refractivity contribution in [3.05, 3.63) is 47.2 Å². The zero-order valence-electron chi connectivity index (χ0n) is 17.2. The van der Waals surface area contributed by atoms with E-state index < -0.39 is 17.7 Å². The Balaban J connectivity index is 2.33. The number of carboxylic acid groups (broad SMARTS) is 1. The van der Waals surface area contributed by atoms with Crippen molar-refractivity contribution in [2.45, 2.75) is 52.2 Å². The Bertz CT molecular complexity index is 949. The topological polar surface area (TPSA) is 71.8 Å². The zero-order valence-corrected chi connectivity index (χ0v) is 17.2. The molecule has 6 nitrogen and oxygen atoms in total. The highest BCUT2D eigenvalue weighted by Gasteiger charge is 2.35. The van der Waals surface area contributed by atoms with Gasteiger partial charge in [0.15, 0.2) is 0 Å². The number of aromatic nitrogens is 1. The van der Waals surface area contributed by atoms with E-state index in [9.17, 15) is 14.7 Å². The van der Waals surface area contributed by atoms with Crippen LogP contribution in [0.4, 0.5) is 4.79 Å². The van der Waals surface area contributed by atoms with Crippen molar-refractivity contribution in [3.63, 3.8) is 0 Å². The van der Waals surface area contributed by atoms with E-state index in [0.29, 0.717) is 11.1 Å². The molecule has 1 aliphatic heterocycles. The van der Waals surface area contributed by atoms with Gasteiger partial charge in [-0.1, -0.05) is 36.8 Å². The van der Waals surface area contributed by atoms with Gasteiger partial charge in [-0.25, -0.2) is 14.2 Å². The normalized spacial score (nSPS) is 18.2. The number of rotatable bonds is 3. The van der Waals surface area contributed by atoms with Crippen LogP contribution in [0.2, 0.25) is 0 Å². The van der Waals surface area contributed by atoms with Crippen molar-refractivity contribution >= 4 is 23.0 Å². The van der Waals surface area contributed by atoms with Gasteiger partial charge in [-0.15, -0.1) is 0 Å². The first-order chi connectivity index (χ1) is 13.2. The van der Waals surface area contributed by atoms with Gasteiger partial charge in [-0.2, -0.15) is 0 Å². The number of ether oxygens (including phenoxy) is 1. The molecule has 1 unspecified atom stereocenters. The Labute approximate surface area is 165 Å². The first-order valence-electron chi connectivity index (χ1n) is 9.64. The molecule has 28 heavy (non-hydrogen) atoms. The third-order valence-electron chi connectivity index (χ3n) is 5.05. The standard InChI is InChI=1S/C22H28N2O4/c1-6-14-10-9-13-23(5)18(14)17-15-11-7-8-12-16(15)24(19(17)20(25)26)21(27)28-22(2,3)4/h7-8,10-12,18H,6,9,13H2,1-5H3,(H,25,26). The number of carboxylic acids is 1. The maximum atomic E-state index is 13.0. The van der Waals surface area contributed by atoms with Crippen LogP contribution in [0.15, 0.2) is 35.9 Å². The second-order valence-electron chi connectivity index (χ2n) is 8.20. The number of hydrogen-bond donors (Lipinski definition) is 1. The van der Waals surface area contributed by atoms with E-state index in [1.807, 2.05) is 19.2 Å². The smallest absolute Gasteiger partial charge is 0.419 e. The summed E-state index contributed by atoms with van der Waals surface area (Å²) in [7, 11) is 2.00. The summed E-state index contributed by atoms with van der Waals surface area (Å²) in [5.41, 5.74) is 1.63. The molecule has 1 aromatic carbocycles. The predicted octanol–water partition coefficient (Wildman–Crippen LogP) is 4.84. The van der Waals surface area contributed by atoms with Gasteiger partial charge >= 0.3 is 12.1 Å². The molecule has 0 radical (unpaired) electrons. The summed E-state index contributed by atoms with van der Waals surface area (Å²) in [4.78, 5) is 27.5. The molecule has 0 amide bonds. The van der Waals surface area contributed by atoms with Crippen molar-refractivity contribution in [1.82, 2.24) is 9.47 Å². The Morgan fingerprint density at radius 3 is 2.54 bits per heavy atom. The van der Waals surface area contributed by atoms with Crippen LogP contribution < -0.4 is 0 Å². The van der Waals surface area contributed by atoms with Crippen molar-refractivity contribution in [2.24, 2.45) is 0 Å². The van der Waals surface area contributed by atoms with E-state index in [2.05, 4.69) is 17.9 Å². The number of fused-ring (bicyclic) bond motifs is 1. The number of nitrogens with zero attached hydrogens (tertiary/aromatic N) is 2. The zero-order chi connectivity index (χ0) is 20.6. The lowest BCUT2D eigenvalue weighted by Gasteiger charge is -2.34. The SMILES string of the molecule is CCC1=CCCN(C)C1c1c(C(=O)O)n(C(=O)OC(C)(C)C)c2ccccc12. The molecule has 1 atom stereocenters. The Kier molecular flexibility index (Phi) is 5.35. The fourth-order valence-corrected chi connectivity index (χ4v) is 3.97. The molecular formula is C22H28N2O4. The molecule has 0 fully saturated rings. The Morgan fingerprint density at radius 1 is 1.25 bits per heavy atom. The number of aromatic carboxylic acids is 1. The van der Waals surface area contributed by atoms with Gasteiger partial charge in [-0.3, -0.25) is 4.90 Å². The van der Waals surface area contributed by atoms with E-state index in [-0.39, 0.29) is 11.7 Å². The number of likely N-dealkylation sites (N-methyl/N-ethyl adjacent to an activating group) is 1. The summed E-state index contributed by atoms with van der Waals surface area (Å²) in [5.74, 6) is -1.13. The van der Waals surface area contributed by atoms with E-state index in [0.717, 1.165) is 24.8 Å². The van der Waals surface area contributed by atoms with Gasteiger partial charge < -0.3 is 9.84 Å². The van der Waals surface area contributed by atoms with E-state index in [4.69, 9.17) is 4.74 Å². The monoisotopic (exact) mass is 384 g/mol. The Morgan fingerprint density at radius 2 is 1.93 bits per heavy atom. The van der Waals surface area contributed by atoms with Gasteiger partial charge in [0.05, 0.1) is 11.6 Å². The number of para-hydroxylation sites is 1. The van der Waals surface area contributed by atoms with E-state index in [1.54, 1.807) is 32.9 Å². The minimum Gasteiger partial charge on any atom is -0.477 e. The average Bonchev–Trinajstić information content (AvgIpc) is 2.95. The lowest BCUT2D eigenvalue weighted by atomic mass is 9.90. The van der Waals surface area contributed by atoms with Crippen molar-refractivity contribution in [2.75, 3.05) is 13.6 Å². The molecule has 2 aromatic rings. The summed E-state index contributed by atoms with van der Waals surface area (Å²) in [6.07, 6.45) is 3.27. The number of carbonyl (C=O) groups excluding carboxylic acids is 1. The highest BCUT2D eigenvalue weighted by atomic mass is 16.6. The molecule has 0 saturated carbocycles. The van der Waals surface area contributed by atoms with Gasteiger partial charge in [0, 0.05) is 17.5 Å². The number of hydrogen-bond acceptors (Lipinski definition) is 4. The fourth-order valence-electron chi connectivity index (χ4n) is 3.97. The maximum absolute atomic E-state index is 13.0. The van der Waals surface area contributed by atoms with Crippen LogP contribution in [0.3, 0.4) is 0 Å². The highest BCUT2D eigenvalue weighted by molar-refractivity contribution is 6.04. The third kappa shape index (κ3) is 3.56. The van der Waals surface area contributed by atoms with Gasteiger partial charge in [-0.05, 0) is 46.7 Å². The minimum atomic E-state index is -1.13. The van der Waals surface area contributed by atoms with E-state index in [1.165, 1.54) is 10.1 Å². The first kappa shape index (κ1) is 20.1. The van der Waals surface area contributed by atoms with Crippen LogP contribution >= 0.6 is 0 Å². The largest absolute Gasteiger partial charge is 0.477 e. The Hall–Kier alpha value is -2.60. The molecule has 0 spiro atoms. The molecular weight excluding hydrogens is 356 g/mol.